The molecule has 0 aliphatic heterocycles. The quantitative estimate of drug-likeness (QED) is 0.833. The third kappa shape index (κ3) is 3.16. The first-order valence-electron chi connectivity index (χ1n) is 3.89. The summed E-state index contributed by atoms with van der Waals surface area (Å²) in [4.78, 5) is 10.5. The number of rotatable bonds is 2. The summed E-state index contributed by atoms with van der Waals surface area (Å²) in [5, 5.41) is 8.57. The Labute approximate surface area is 83.1 Å². The van der Waals surface area contributed by atoms with Gasteiger partial charge >= 0.3 is 12.3 Å². The van der Waals surface area contributed by atoms with Crippen molar-refractivity contribution in [2.75, 3.05) is 0 Å². The lowest BCUT2D eigenvalue weighted by molar-refractivity contribution is -0.274. The Morgan fingerprint density at radius 1 is 1.40 bits per heavy atom. The molecule has 0 aliphatic carbocycles. The van der Waals surface area contributed by atoms with Crippen molar-refractivity contribution >= 4 is 5.97 Å². The van der Waals surface area contributed by atoms with Crippen LogP contribution in [0, 0.1) is 6.92 Å². The Balaban J connectivity index is 2.99. The number of alkyl halides is 3. The average Bonchev–Trinajstić information content (AvgIpc) is 2.05. The molecule has 1 aromatic rings. The Morgan fingerprint density at radius 2 is 2.00 bits per heavy atom. The van der Waals surface area contributed by atoms with Crippen molar-refractivity contribution in [2.24, 2.45) is 0 Å². The van der Waals surface area contributed by atoms with Gasteiger partial charge in [0.25, 0.3) is 0 Å². The zero-order chi connectivity index (χ0) is 11.6. The second-order valence-electron chi connectivity index (χ2n) is 2.83. The van der Waals surface area contributed by atoms with E-state index in [2.05, 4.69) is 4.74 Å². The maximum Gasteiger partial charge on any atom is 0.573 e. The topological polar surface area (TPSA) is 46.5 Å². The summed E-state index contributed by atoms with van der Waals surface area (Å²) >= 11 is 0. The number of carboxylic acid groups (broad SMARTS) is 1. The molecule has 0 saturated carbocycles. The van der Waals surface area contributed by atoms with Crippen LogP contribution in [-0.2, 0) is 0 Å². The molecule has 6 heteroatoms. The van der Waals surface area contributed by atoms with E-state index in [1.807, 2.05) is 0 Å². The van der Waals surface area contributed by atoms with Crippen molar-refractivity contribution < 1.29 is 27.8 Å². The molecule has 1 N–H and O–H groups in total. The second kappa shape index (κ2) is 3.80. The van der Waals surface area contributed by atoms with Gasteiger partial charge in [-0.05, 0) is 30.7 Å². The summed E-state index contributed by atoms with van der Waals surface area (Å²) in [7, 11) is 0. The molecule has 1 aromatic carbocycles. The highest BCUT2D eigenvalue weighted by atomic mass is 19.4. The first-order valence-corrected chi connectivity index (χ1v) is 3.89. The Bertz CT molecular complexity index is 385. The van der Waals surface area contributed by atoms with Gasteiger partial charge in [-0.15, -0.1) is 13.2 Å². The molecule has 1 rings (SSSR count). The molecular formula is C9H7F3O3. The summed E-state index contributed by atoms with van der Waals surface area (Å²) in [5.74, 6) is -1.59. The Morgan fingerprint density at radius 3 is 2.40 bits per heavy atom. The molecule has 0 radical (unpaired) electrons. The molecule has 0 fully saturated rings. The van der Waals surface area contributed by atoms with Crippen LogP contribution in [0.5, 0.6) is 5.75 Å². The van der Waals surface area contributed by atoms with E-state index < -0.39 is 18.1 Å². The fraction of sp³-hybridized carbons (Fsp3) is 0.222. The van der Waals surface area contributed by atoms with Crippen LogP contribution in [0.15, 0.2) is 18.2 Å². The van der Waals surface area contributed by atoms with E-state index in [1.165, 1.54) is 6.92 Å². The van der Waals surface area contributed by atoms with Crippen LogP contribution >= 0.6 is 0 Å². The van der Waals surface area contributed by atoms with E-state index in [0.29, 0.717) is 0 Å². The summed E-state index contributed by atoms with van der Waals surface area (Å²) in [5.41, 5.74) is 0.0363. The van der Waals surface area contributed by atoms with Crippen LogP contribution in [0.4, 0.5) is 13.2 Å². The number of aryl methyl sites for hydroxylation is 1. The number of carboxylic acids is 1. The van der Waals surface area contributed by atoms with Crippen LogP contribution in [0.3, 0.4) is 0 Å². The van der Waals surface area contributed by atoms with E-state index in [9.17, 15) is 18.0 Å². The second-order valence-corrected chi connectivity index (χ2v) is 2.83. The number of hydrogen-bond donors (Lipinski definition) is 1. The maximum atomic E-state index is 11.8. The highest BCUT2D eigenvalue weighted by molar-refractivity contribution is 5.88. The maximum absolute atomic E-state index is 11.8. The molecule has 15 heavy (non-hydrogen) atoms. The predicted octanol–water partition coefficient (Wildman–Crippen LogP) is 2.59. The standard InChI is InChI=1S/C9H7F3O3/c1-5-4-6(8(13)14)2-3-7(5)15-9(10,11)12/h2-4H,1H3,(H,13,14). The molecule has 3 nitrogen and oxygen atoms in total. The number of ether oxygens (including phenoxy) is 1. The van der Waals surface area contributed by atoms with Gasteiger partial charge < -0.3 is 9.84 Å². The first-order chi connectivity index (χ1) is 6.79. The van der Waals surface area contributed by atoms with Crippen molar-refractivity contribution in [3.05, 3.63) is 29.3 Å². The van der Waals surface area contributed by atoms with Gasteiger partial charge in [0.1, 0.15) is 5.75 Å². The number of benzene rings is 1. The Hall–Kier alpha value is -1.72. The van der Waals surface area contributed by atoms with E-state index in [-0.39, 0.29) is 11.1 Å². The van der Waals surface area contributed by atoms with Crippen LogP contribution in [0.2, 0.25) is 0 Å². The van der Waals surface area contributed by atoms with E-state index in [4.69, 9.17) is 5.11 Å². The van der Waals surface area contributed by atoms with Crippen LogP contribution in [0.1, 0.15) is 15.9 Å². The minimum atomic E-state index is -4.77. The van der Waals surface area contributed by atoms with Crippen LogP contribution in [-0.4, -0.2) is 17.4 Å². The molecule has 0 amide bonds. The number of hydrogen-bond acceptors (Lipinski definition) is 2. The van der Waals surface area contributed by atoms with E-state index in [1.54, 1.807) is 0 Å². The average molecular weight is 220 g/mol. The lowest BCUT2D eigenvalue weighted by atomic mass is 10.1. The molecule has 0 bridgehead atoms. The van der Waals surface area contributed by atoms with Crippen LogP contribution in [0.25, 0.3) is 0 Å². The molecule has 0 aromatic heterocycles. The molecule has 82 valence electrons. The smallest absolute Gasteiger partial charge is 0.478 e. The van der Waals surface area contributed by atoms with Gasteiger partial charge in [-0.1, -0.05) is 0 Å². The first kappa shape index (κ1) is 11.4. The molecule has 0 unspecified atom stereocenters. The number of carbonyl (C=O) groups is 1. The number of aromatic carboxylic acids is 1. The van der Waals surface area contributed by atoms with Gasteiger partial charge in [0.15, 0.2) is 0 Å². The van der Waals surface area contributed by atoms with Crippen molar-refractivity contribution in [1.29, 1.82) is 0 Å². The fourth-order valence-electron chi connectivity index (χ4n) is 1.02. The lowest BCUT2D eigenvalue weighted by Crippen LogP contribution is -2.17. The number of halogens is 3. The lowest BCUT2D eigenvalue weighted by Gasteiger charge is -2.11. The summed E-state index contributed by atoms with van der Waals surface area (Å²) in [6.07, 6.45) is -4.77. The zero-order valence-electron chi connectivity index (χ0n) is 7.63. The molecule has 0 aliphatic rings. The minimum Gasteiger partial charge on any atom is -0.478 e. The third-order valence-electron chi connectivity index (χ3n) is 1.65. The minimum absolute atomic E-state index is 0.0815. The highest BCUT2D eigenvalue weighted by Gasteiger charge is 2.31. The van der Waals surface area contributed by atoms with E-state index in [0.717, 1.165) is 18.2 Å². The predicted molar refractivity (Wildman–Crippen MR) is 44.8 cm³/mol. The SMILES string of the molecule is Cc1cc(C(=O)O)ccc1OC(F)(F)F. The summed E-state index contributed by atoms with van der Waals surface area (Å²) < 4.78 is 39.2. The third-order valence-corrected chi connectivity index (χ3v) is 1.65. The van der Waals surface area contributed by atoms with Gasteiger partial charge in [0.05, 0.1) is 5.56 Å². The molecule has 0 saturated heterocycles. The van der Waals surface area contributed by atoms with Crippen molar-refractivity contribution in [2.45, 2.75) is 13.3 Å². The molecule has 0 heterocycles. The highest BCUT2D eigenvalue weighted by Crippen LogP contribution is 2.26. The van der Waals surface area contributed by atoms with E-state index >= 15 is 0 Å². The molecule has 0 spiro atoms. The largest absolute Gasteiger partial charge is 0.573 e. The van der Waals surface area contributed by atoms with Gasteiger partial charge in [-0.3, -0.25) is 0 Å². The van der Waals surface area contributed by atoms with Gasteiger partial charge in [-0.2, -0.15) is 0 Å². The van der Waals surface area contributed by atoms with Gasteiger partial charge in [-0.25, -0.2) is 4.79 Å². The summed E-state index contributed by atoms with van der Waals surface area (Å²) in [6, 6.07) is 3.14. The van der Waals surface area contributed by atoms with Gasteiger partial charge in [0.2, 0.25) is 0 Å². The van der Waals surface area contributed by atoms with Crippen molar-refractivity contribution in [1.82, 2.24) is 0 Å². The monoisotopic (exact) mass is 220 g/mol. The normalized spacial score (nSPS) is 11.2. The van der Waals surface area contributed by atoms with Crippen molar-refractivity contribution in [3.63, 3.8) is 0 Å². The molecule has 0 atom stereocenters. The zero-order valence-corrected chi connectivity index (χ0v) is 7.63. The Kier molecular flexibility index (Phi) is 2.88. The van der Waals surface area contributed by atoms with Gasteiger partial charge in [0, 0.05) is 0 Å². The summed E-state index contributed by atoms with van der Waals surface area (Å²) in [6.45, 7) is 1.34. The molecular weight excluding hydrogens is 213 g/mol. The van der Waals surface area contributed by atoms with Crippen LogP contribution < -0.4 is 4.74 Å². The van der Waals surface area contributed by atoms with Crippen molar-refractivity contribution in [3.8, 4) is 5.75 Å². The fourth-order valence-corrected chi connectivity index (χ4v) is 1.02.